The second-order valence-corrected chi connectivity index (χ2v) is 7.90. The number of sulfone groups is 1. The molecular formula is C16H25N3O2S. The van der Waals surface area contributed by atoms with Crippen LogP contribution < -0.4 is 11.1 Å². The zero-order valence-corrected chi connectivity index (χ0v) is 13.8. The van der Waals surface area contributed by atoms with Gasteiger partial charge in [0.1, 0.15) is 0 Å². The van der Waals surface area contributed by atoms with Gasteiger partial charge in [0.2, 0.25) is 0 Å². The standard InChI is InChI=1S/C16H25N3O2S/c1-2-14(19-16(17)18-11-13-7-6-8-13)12-22(20,21)15-9-4-3-5-10-15/h3-5,9-10,13-14H,2,6-8,11-12H2,1H3,(H3,17,18,19). The zero-order chi connectivity index (χ0) is 16.0. The van der Waals surface area contributed by atoms with Gasteiger partial charge in [0.25, 0.3) is 0 Å². The van der Waals surface area contributed by atoms with E-state index in [0.717, 1.165) is 6.54 Å². The number of hydrogen-bond acceptors (Lipinski definition) is 3. The number of benzene rings is 1. The molecule has 1 aromatic rings. The Hall–Kier alpha value is -1.56. The van der Waals surface area contributed by atoms with Crippen LogP contribution in [0.15, 0.2) is 40.2 Å². The van der Waals surface area contributed by atoms with E-state index in [2.05, 4.69) is 10.3 Å². The van der Waals surface area contributed by atoms with Crippen LogP contribution in [-0.4, -0.2) is 32.7 Å². The van der Waals surface area contributed by atoms with Gasteiger partial charge in [-0.05, 0) is 37.3 Å². The first kappa shape index (κ1) is 16.8. The summed E-state index contributed by atoms with van der Waals surface area (Å²) in [6.45, 7) is 2.68. The highest BCUT2D eigenvalue weighted by atomic mass is 32.2. The van der Waals surface area contributed by atoms with Crippen LogP contribution in [0, 0.1) is 5.92 Å². The smallest absolute Gasteiger partial charge is 0.188 e. The van der Waals surface area contributed by atoms with Gasteiger partial charge in [0, 0.05) is 12.6 Å². The average molecular weight is 323 g/mol. The van der Waals surface area contributed by atoms with E-state index in [-0.39, 0.29) is 11.8 Å². The number of rotatable bonds is 7. The monoisotopic (exact) mass is 323 g/mol. The summed E-state index contributed by atoms with van der Waals surface area (Å²) in [4.78, 5) is 4.67. The van der Waals surface area contributed by atoms with Crippen LogP contribution in [-0.2, 0) is 9.84 Å². The lowest BCUT2D eigenvalue weighted by Crippen LogP contribution is -2.43. The van der Waals surface area contributed by atoms with E-state index in [0.29, 0.717) is 23.2 Å². The summed E-state index contributed by atoms with van der Waals surface area (Å²) in [5.41, 5.74) is 5.88. The van der Waals surface area contributed by atoms with Gasteiger partial charge in [-0.3, -0.25) is 4.99 Å². The van der Waals surface area contributed by atoms with Crippen LogP contribution in [0.1, 0.15) is 32.6 Å². The minimum Gasteiger partial charge on any atom is -0.370 e. The maximum absolute atomic E-state index is 12.4. The van der Waals surface area contributed by atoms with Crippen molar-refractivity contribution in [1.29, 1.82) is 0 Å². The molecule has 0 amide bonds. The van der Waals surface area contributed by atoms with Crippen molar-refractivity contribution in [2.45, 2.75) is 43.5 Å². The first-order valence-corrected chi connectivity index (χ1v) is 9.50. The number of hydrogen-bond donors (Lipinski definition) is 2. The third-order valence-electron chi connectivity index (χ3n) is 4.11. The van der Waals surface area contributed by atoms with E-state index in [1.165, 1.54) is 19.3 Å². The van der Waals surface area contributed by atoms with E-state index in [1.54, 1.807) is 30.3 Å². The number of nitrogens with two attached hydrogens (primary N) is 1. The molecule has 1 fully saturated rings. The zero-order valence-electron chi connectivity index (χ0n) is 13.0. The van der Waals surface area contributed by atoms with E-state index < -0.39 is 9.84 Å². The second-order valence-electron chi connectivity index (χ2n) is 5.87. The normalized spacial score (nSPS) is 17.8. The van der Waals surface area contributed by atoms with Gasteiger partial charge in [-0.2, -0.15) is 0 Å². The summed E-state index contributed by atoms with van der Waals surface area (Å²) in [5, 5.41) is 3.04. The Morgan fingerprint density at radius 2 is 2.05 bits per heavy atom. The molecular weight excluding hydrogens is 298 g/mol. The van der Waals surface area contributed by atoms with E-state index in [9.17, 15) is 8.42 Å². The minimum absolute atomic E-state index is 0.0210. The maximum atomic E-state index is 12.4. The van der Waals surface area contributed by atoms with Crippen LogP contribution in [0.2, 0.25) is 0 Å². The molecule has 2 rings (SSSR count). The quantitative estimate of drug-likeness (QED) is 0.593. The molecule has 0 bridgehead atoms. The lowest BCUT2D eigenvalue weighted by Gasteiger charge is -2.24. The summed E-state index contributed by atoms with van der Waals surface area (Å²) in [7, 11) is -3.32. The first-order valence-electron chi connectivity index (χ1n) is 7.85. The Morgan fingerprint density at radius 1 is 1.36 bits per heavy atom. The predicted octanol–water partition coefficient (Wildman–Crippen LogP) is 1.94. The molecule has 0 radical (unpaired) electrons. The van der Waals surface area contributed by atoms with Crippen molar-refractivity contribution in [1.82, 2.24) is 5.32 Å². The van der Waals surface area contributed by atoms with Crippen LogP contribution in [0.4, 0.5) is 0 Å². The highest BCUT2D eigenvalue weighted by molar-refractivity contribution is 7.91. The molecule has 22 heavy (non-hydrogen) atoms. The van der Waals surface area contributed by atoms with Crippen molar-refractivity contribution in [3.63, 3.8) is 0 Å². The molecule has 0 heterocycles. The summed E-state index contributed by atoms with van der Waals surface area (Å²) in [5.74, 6) is 1.02. The van der Waals surface area contributed by atoms with Crippen LogP contribution in [0.5, 0.6) is 0 Å². The molecule has 6 heteroatoms. The highest BCUT2D eigenvalue weighted by Gasteiger charge is 2.21. The molecule has 0 aromatic heterocycles. The SMILES string of the molecule is CCC(CS(=O)(=O)c1ccccc1)NC(N)=NCC1CCC1. The van der Waals surface area contributed by atoms with Crippen molar-refractivity contribution in [3.8, 4) is 0 Å². The predicted molar refractivity (Wildman–Crippen MR) is 89.5 cm³/mol. The fourth-order valence-electron chi connectivity index (χ4n) is 2.41. The van der Waals surface area contributed by atoms with E-state index >= 15 is 0 Å². The van der Waals surface area contributed by atoms with Crippen molar-refractivity contribution in [2.75, 3.05) is 12.3 Å². The average Bonchev–Trinajstić information content (AvgIpc) is 2.45. The molecule has 1 aromatic carbocycles. The third kappa shape index (κ3) is 4.73. The Morgan fingerprint density at radius 3 is 2.59 bits per heavy atom. The van der Waals surface area contributed by atoms with Gasteiger partial charge in [-0.15, -0.1) is 0 Å². The number of nitrogens with zero attached hydrogens (tertiary/aromatic N) is 1. The molecule has 1 aliphatic rings. The Labute approximate surface area is 132 Å². The van der Waals surface area contributed by atoms with Gasteiger partial charge in [-0.25, -0.2) is 8.42 Å². The second kappa shape index (κ2) is 7.63. The molecule has 3 N–H and O–H groups in total. The molecule has 1 atom stereocenters. The molecule has 122 valence electrons. The molecule has 1 saturated carbocycles. The van der Waals surface area contributed by atoms with Gasteiger partial charge in [0.15, 0.2) is 15.8 Å². The van der Waals surface area contributed by atoms with Crippen LogP contribution in [0.3, 0.4) is 0 Å². The van der Waals surface area contributed by atoms with Gasteiger partial charge in [0.05, 0.1) is 10.6 Å². The summed E-state index contributed by atoms with van der Waals surface area (Å²) >= 11 is 0. The van der Waals surface area contributed by atoms with Crippen molar-refractivity contribution in [2.24, 2.45) is 16.6 Å². The van der Waals surface area contributed by atoms with Crippen molar-refractivity contribution < 1.29 is 8.42 Å². The molecule has 1 aliphatic carbocycles. The molecule has 0 aliphatic heterocycles. The van der Waals surface area contributed by atoms with E-state index in [4.69, 9.17) is 5.73 Å². The third-order valence-corrected chi connectivity index (χ3v) is 5.94. The van der Waals surface area contributed by atoms with Crippen LogP contribution >= 0.6 is 0 Å². The van der Waals surface area contributed by atoms with Gasteiger partial charge >= 0.3 is 0 Å². The Balaban J connectivity index is 1.93. The number of aliphatic imine (C=N–C) groups is 1. The fraction of sp³-hybridized carbons (Fsp3) is 0.562. The number of guanidine groups is 1. The fourth-order valence-corrected chi connectivity index (χ4v) is 4.02. The topological polar surface area (TPSA) is 84.5 Å². The highest BCUT2D eigenvalue weighted by Crippen LogP contribution is 2.26. The molecule has 1 unspecified atom stereocenters. The number of nitrogens with one attached hydrogen (secondary N) is 1. The molecule has 5 nitrogen and oxygen atoms in total. The largest absolute Gasteiger partial charge is 0.370 e. The minimum atomic E-state index is -3.32. The van der Waals surface area contributed by atoms with Gasteiger partial charge < -0.3 is 11.1 Å². The summed E-state index contributed by atoms with van der Waals surface area (Å²) in [6.07, 6.45) is 4.39. The Kier molecular flexibility index (Phi) is 5.83. The Bertz CT molecular complexity index is 595. The van der Waals surface area contributed by atoms with Crippen molar-refractivity contribution in [3.05, 3.63) is 30.3 Å². The molecule has 0 spiro atoms. The lowest BCUT2D eigenvalue weighted by atomic mass is 9.86. The lowest BCUT2D eigenvalue weighted by molar-refractivity contribution is 0.326. The first-order chi connectivity index (χ1) is 10.5. The summed E-state index contributed by atoms with van der Waals surface area (Å²) in [6, 6.07) is 8.28. The van der Waals surface area contributed by atoms with E-state index in [1.807, 2.05) is 6.92 Å². The molecule has 0 saturated heterocycles. The summed E-state index contributed by atoms with van der Waals surface area (Å²) < 4.78 is 24.8. The van der Waals surface area contributed by atoms with Crippen LogP contribution in [0.25, 0.3) is 0 Å². The maximum Gasteiger partial charge on any atom is 0.188 e. The van der Waals surface area contributed by atoms with Gasteiger partial charge in [-0.1, -0.05) is 31.5 Å². The van der Waals surface area contributed by atoms with Crippen molar-refractivity contribution >= 4 is 15.8 Å².